The minimum atomic E-state index is -1.44. The number of aryl methyl sites for hydroxylation is 1. The minimum absolute atomic E-state index is 0.0279. The van der Waals surface area contributed by atoms with Crippen molar-refractivity contribution in [2.45, 2.75) is 12.1 Å². The molecule has 2 N–H and O–H groups in total. The first-order chi connectivity index (χ1) is 18.4. The first-order valence-electron chi connectivity index (χ1n) is 11.9. The number of aromatic nitrogens is 4. The lowest BCUT2D eigenvalue weighted by Gasteiger charge is -2.31. The van der Waals surface area contributed by atoms with E-state index < -0.39 is 17.5 Å². The van der Waals surface area contributed by atoms with Crippen LogP contribution >= 0.6 is 0 Å². The van der Waals surface area contributed by atoms with E-state index in [0.717, 1.165) is 22.3 Å². The molecule has 11 nitrogen and oxygen atoms in total. The molecule has 2 aliphatic heterocycles. The Labute approximate surface area is 217 Å². The standard InChI is InChI=1S/C27H23N7O4/c1-33-31-23(30-32-33)21-6-4-3-5-20(21)16-7-10-18(11-8-16)27(25(36)28-26(37)29-27)15-34-14-17-9-12-19(38-2)13-22(17)24(34)35/h3-13H,14-15H2,1-2H3,(H2,28,29,36,37)/t27-/m0/s1. The van der Waals surface area contributed by atoms with Gasteiger partial charge in [-0.15, -0.1) is 10.2 Å². The van der Waals surface area contributed by atoms with Gasteiger partial charge in [0.15, 0.2) is 5.54 Å². The SMILES string of the molecule is COc1ccc2c(c1)C(=O)N(C[C@@]1(c3ccc(-c4ccccc4-c4nnn(C)n4)cc3)NC(=O)NC1=O)C2. The van der Waals surface area contributed by atoms with Crippen molar-refractivity contribution in [3.8, 4) is 28.3 Å². The van der Waals surface area contributed by atoms with Crippen molar-refractivity contribution in [1.82, 2.24) is 35.7 Å². The summed E-state index contributed by atoms with van der Waals surface area (Å²) in [6, 6.07) is 19.7. The number of ether oxygens (including phenoxy) is 1. The molecule has 190 valence electrons. The number of rotatable bonds is 6. The van der Waals surface area contributed by atoms with Gasteiger partial charge in [-0.05, 0) is 39.6 Å². The fourth-order valence-electron chi connectivity index (χ4n) is 5.03. The molecule has 6 rings (SSSR count). The van der Waals surface area contributed by atoms with Gasteiger partial charge in [-0.3, -0.25) is 14.9 Å². The normalized spacial score (nSPS) is 18.4. The third-order valence-electron chi connectivity index (χ3n) is 6.93. The molecule has 4 aromatic rings. The van der Waals surface area contributed by atoms with E-state index in [-0.39, 0.29) is 12.5 Å². The fraction of sp³-hybridized carbons (Fsp3) is 0.185. The van der Waals surface area contributed by atoms with Crippen LogP contribution in [0.5, 0.6) is 5.75 Å². The fourth-order valence-corrected chi connectivity index (χ4v) is 5.03. The van der Waals surface area contributed by atoms with Crippen LogP contribution in [0.4, 0.5) is 4.79 Å². The minimum Gasteiger partial charge on any atom is -0.497 e. The molecule has 2 aliphatic rings. The Bertz CT molecular complexity index is 1600. The predicted octanol–water partition coefficient (Wildman–Crippen LogP) is 2.24. The van der Waals surface area contributed by atoms with Gasteiger partial charge in [0, 0.05) is 17.7 Å². The van der Waals surface area contributed by atoms with Gasteiger partial charge in [0.1, 0.15) is 5.75 Å². The molecule has 1 fully saturated rings. The first kappa shape index (κ1) is 23.3. The summed E-state index contributed by atoms with van der Waals surface area (Å²) in [7, 11) is 3.24. The van der Waals surface area contributed by atoms with Gasteiger partial charge in [0.25, 0.3) is 11.8 Å². The summed E-state index contributed by atoms with van der Waals surface area (Å²) in [5, 5.41) is 17.5. The predicted molar refractivity (Wildman–Crippen MR) is 136 cm³/mol. The van der Waals surface area contributed by atoms with Crippen LogP contribution in [-0.2, 0) is 23.9 Å². The number of hydrogen-bond donors (Lipinski definition) is 2. The molecule has 1 saturated heterocycles. The quantitative estimate of drug-likeness (QED) is 0.381. The second-order valence-electron chi connectivity index (χ2n) is 9.22. The van der Waals surface area contributed by atoms with Gasteiger partial charge in [-0.25, -0.2) is 4.79 Å². The number of tetrazole rings is 1. The topological polar surface area (TPSA) is 131 Å². The van der Waals surface area contributed by atoms with Crippen LogP contribution in [0.15, 0.2) is 66.7 Å². The molecular formula is C27H23N7O4. The molecule has 0 radical (unpaired) electrons. The van der Waals surface area contributed by atoms with Crippen molar-refractivity contribution in [1.29, 1.82) is 0 Å². The molecular weight excluding hydrogens is 486 g/mol. The van der Waals surface area contributed by atoms with Crippen LogP contribution in [0.25, 0.3) is 22.5 Å². The number of nitrogens with zero attached hydrogens (tertiary/aromatic N) is 5. The van der Waals surface area contributed by atoms with E-state index in [1.165, 1.54) is 11.9 Å². The lowest BCUT2D eigenvalue weighted by Crippen LogP contribution is -2.52. The summed E-state index contributed by atoms with van der Waals surface area (Å²) < 4.78 is 5.26. The molecule has 1 aromatic heterocycles. The molecule has 3 aromatic carbocycles. The zero-order valence-electron chi connectivity index (χ0n) is 20.6. The highest BCUT2D eigenvalue weighted by Gasteiger charge is 2.50. The maximum absolute atomic E-state index is 13.2. The summed E-state index contributed by atoms with van der Waals surface area (Å²) in [6.45, 7) is 0.291. The largest absolute Gasteiger partial charge is 0.497 e. The van der Waals surface area contributed by atoms with Crippen molar-refractivity contribution < 1.29 is 19.1 Å². The summed E-state index contributed by atoms with van der Waals surface area (Å²) in [6.07, 6.45) is 0. The number of hydrogen-bond acceptors (Lipinski definition) is 7. The average molecular weight is 510 g/mol. The van der Waals surface area contributed by atoms with E-state index in [4.69, 9.17) is 4.74 Å². The number of nitrogens with one attached hydrogen (secondary N) is 2. The second-order valence-corrected chi connectivity index (χ2v) is 9.22. The summed E-state index contributed by atoms with van der Waals surface area (Å²) in [4.78, 5) is 41.7. The summed E-state index contributed by atoms with van der Waals surface area (Å²) in [5.41, 5.74) is 3.04. The molecule has 0 bridgehead atoms. The van der Waals surface area contributed by atoms with Crippen molar-refractivity contribution in [2.75, 3.05) is 13.7 Å². The Morgan fingerprint density at radius 3 is 2.39 bits per heavy atom. The smallest absolute Gasteiger partial charge is 0.322 e. The Balaban J connectivity index is 1.34. The summed E-state index contributed by atoms with van der Waals surface area (Å²) >= 11 is 0. The lowest BCUT2D eigenvalue weighted by atomic mass is 9.87. The number of carbonyl (C=O) groups excluding carboxylic acids is 3. The molecule has 38 heavy (non-hydrogen) atoms. The first-order valence-corrected chi connectivity index (χ1v) is 11.9. The van der Waals surface area contributed by atoms with E-state index in [1.807, 2.05) is 42.5 Å². The third-order valence-corrected chi connectivity index (χ3v) is 6.93. The number of urea groups is 1. The van der Waals surface area contributed by atoms with Crippen LogP contribution < -0.4 is 15.4 Å². The van der Waals surface area contributed by atoms with E-state index in [2.05, 4.69) is 26.0 Å². The Hall–Kier alpha value is -5.06. The zero-order valence-corrected chi connectivity index (χ0v) is 20.6. The molecule has 0 spiro atoms. The number of fused-ring (bicyclic) bond motifs is 1. The van der Waals surface area contributed by atoms with Crippen molar-refractivity contribution in [3.05, 3.63) is 83.4 Å². The lowest BCUT2D eigenvalue weighted by molar-refractivity contribution is -0.124. The molecule has 0 aliphatic carbocycles. The van der Waals surface area contributed by atoms with Gasteiger partial charge >= 0.3 is 6.03 Å². The Kier molecular flexibility index (Phi) is 5.41. The van der Waals surface area contributed by atoms with Gasteiger partial charge in [0.05, 0.1) is 20.7 Å². The number of methoxy groups -OCH3 is 1. The van der Waals surface area contributed by atoms with E-state index >= 15 is 0 Å². The number of amides is 4. The molecule has 1 atom stereocenters. The molecule has 0 saturated carbocycles. The molecule has 0 unspecified atom stereocenters. The van der Waals surface area contributed by atoms with Gasteiger partial charge in [-0.2, -0.15) is 4.80 Å². The maximum Gasteiger partial charge on any atom is 0.322 e. The molecule has 11 heteroatoms. The molecule has 3 heterocycles. The van der Waals surface area contributed by atoms with Gasteiger partial charge in [-0.1, -0.05) is 54.6 Å². The number of carbonyl (C=O) groups is 3. The van der Waals surface area contributed by atoms with Crippen LogP contribution in [0.2, 0.25) is 0 Å². The Morgan fingerprint density at radius 1 is 0.974 bits per heavy atom. The zero-order chi connectivity index (χ0) is 26.4. The maximum atomic E-state index is 13.2. The van der Waals surface area contributed by atoms with Crippen LogP contribution in [0.3, 0.4) is 0 Å². The number of benzene rings is 3. The number of imide groups is 1. The summed E-state index contributed by atoms with van der Waals surface area (Å²) in [5.74, 6) is 0.331. The van der Waals surface area contributed by atoms with Gasteiger partial charge in [0.2, 0.25) is 5.82 Å². The van der Waals surface area contributed by atoms with Crippen molar-refractivity contribution in [2.24, 2.45) is 7.05 Å². The van der Waals surface area contributed by atoms with E-state index in [0.29, 0.717) is 29.2 Å². The van der Waals surface area contributed by atoms with Crippen molar-refractivity contribution >= 4 is 17.8 Å². The highest BCUT2D eigenvalue weighted by atomic mass is 16.5. The third kappa shape index (κ3) is 3.76. The Morgan fingerprint density at radius 2 is 1.74 bits per heavy atom. The van der Waals surface area contributed by atoms with Crippen LogP contribution in [-0.4, -0.2) is 56.6 Å². The van der Waals surface area contributed by atoms with Gasteiger partial charge < -0.3 is 15.0 Å². The highest BCUT2D eigenvalue weighted by Crippen LogP contribution is 2.35. The van der Waals surface area contributed by atoms with E-state index in [1.54, 1.807) is 36.2 Å². The average Bonchev–Trinajstić information content (AvgIpc) is 3.59. The van der Waals surface area contributed by atoms with E-state index in [9.17, 15) is 14.4 Å². The second kappa shape index (κ2) is 8.80. The van der Waals surface area contributed by atoms with Crippen LogP contribution in [0.1, 0.15) is 21.5 Å². The van der Waals surface area contributed by atoms with Crippen molar-refractivity contribution in [3.63, 3.8) is 0 Å². The monoisotopic (exact) mass is 509 g/mol. The molecule has 4 amide bonds. The highest BCUT2D eigenvalue weighted by molar-refractivity contribution is 6.08. The van der Waals surface area contributed by atoms with Crippen LogP contribution in [0, 0.1) is 0 Å².